The predicted octanol–water partition coefficient (Wildman–Crippen LogP) is 1.71. The number of nitriles is 1. The molecule has 2 atom stereocenters. The second-order valence-electron chi connectivity index (χ2n) is 3.68. The van der Waals surface area contributed by atoms with Gasteiger partial charge in [-0.25, -0.2) is 4.79 Å². The van der Waals surface area contributed by atoms with Gasteiger partial charge in [-0.3, -0.25) is 0 Å². The molecule has 100 valence electrons. The van der Waals surface area contributed by atoms with Gasteiger partial charge < -0.3 is 15.2 Å². The number of ether oxygens (including phenoxy) is 1. The third-order valence-electron chi connectivity index (χ3n) is 2.45. The highest BCUT2D eigenvalue weighted by Crippen LogP contribution is 2.21. The fourth-order valence-electron chi connectivity index (χ4n) is 1.42. The number of aliphatic hydroxyl groups excluding tert-OH is 1. The van der Waals surface area contributed by atoms with Crippen molar-refractivity contribution in [2.75, 3.05) is 12.4 Å². The van der Waals surface area contributed by atoms with E-state index in [0.717, 1.165) is 0 Å². The van der Waals surface area contributed by atoms with Crippen LogP contribution in [0.15, 0.2) is 30.9 Å². The molecule has 0 radical (unpaired) electrons. The summed E-state index contributed by atoms with van der Waals surface area (Å²) in [6.07, 6.45) is 0.113. The number of esters is 1. The summed E-state index contributed by atoms with van der Waals surface area (Å²) < 4.78 is 4.59. The maximum absolute atomic E-state index is 11.5. The Kier molecular flexibility index (Phi) is 5.37. The number of nitrogens with zero attached hydrogens (tertiary/aromatic N) is 1. The molecule has 0 heterocycles. The minimum atomic E-state index is -1.11. The monoisotopic (exact) mass is 280 g/mol. The number of hydrogen-bond acceptors (Lipinski definition) is 5. The van der Waals surface area contributed by atoms with Crippen molar-refractivity contribution in [2.24, 2.45) is 0 Å². The van der Waals surface area contributed by atoms with Crippen LogP contribution in [0.5, 0.6) is 0 Å². The van der Waals surface area contributed by atoms with Crippen molar-refractivity contribution in [1.29, 1.82) is 5.26 Å². The zero-order valence-electron chi connectivity index (χ0n) is 10.3. The summed E-state index contributed by atoms with van der Waals surface area (Å²) in [5, 5.41) is 21.5. The van der Waals surface area contributed by atoms with Crippen LogP contribution >= 0.6 is 11.6 Å². The van der Waals surface area contributed by atoms with Crippen LogP contribution < -0.4 is 5.32 Å². The summed E-state index contributed by atoms with van der Waals surface area (Å²) in [6, 6.07) is 5.52. The van der Waals surface area contributed by atoms with Gasteiger partial charge >= 0.3 is 5.97 Å². The Morgan fingerprint density at radius 3 is 2.84 bits per heavy atom. The van der Waals surface area contributed by atoms with E-state index in [1.165, 1.54) is 25.3 Å². The first-order chi connectivity index (χ1) is 9.03. The van der Waals surface area contributed by atoms with Crippen molar-refractivity contribution in [3.05, 3.63) is 41.4 Å². The highest BCUT2D eigenvalue weighted by Gasteiger charge is 2.25. The highest BCUT2D eigenvalue weighted by atomic mass is 35.5. The number of benzene rings is 1. The molecule has 0 saturated carbocycles. The quantitative estimate of drug-likeness (QED) is 0.634. The summed E-state index contributed by atoms with van der Waals surface area (Å²) >= 11 is 5.88. The van der Waals surface area contributed by atoms with E-state index in [4.69, 9.17) is 16.9 Å². The van der Waals surface area contributed by atoms with Crippen LogP contribution in [0.1, 0.15) is 5.56 Å². The van der Waals surface area contributed by atoms with Gasteiger partial charge in [-0.2, -0.15) is 5.26 Å². The van der Waals surface area contributed by atoms with Crippen LogP contribution in [0, 0.1) is 11.3 Å². The van der Waals surface area contributed by atoms with Crippen LogP contribution in [-0.2, 0) is 9.53 Å². The molecule has 0 aliphatic heterocycles. The molecule has 0 aliphatic carbocycles. The molecule has 0 aromatic heterocycles. The van der Waals surface area contributed by atoms with Gasteiger partial charge in [0.2, 0.25) is 0 Å². The molecule has 6 heteroatoms. The number of rotatable bonds is 5. The van der Waals surface area contributed by atoms with Crippen molar-refractivity contribution >= 4 is 23.3 Å². The number of methoxy groups -OCH3 is 1. The topological polar surface area (TPSA) is 82.4 Å². The van der Waals surface area contributed by atoms with E-state index >= 15 is 0 Å². The van der Waals surface area contributed by atoms with E-state index < -0.39 is 18.1 Å². The molecule has 5 nitrogen and oxygen atoms in total. The molecule has 0 fully saturated rings. The number of carbonyl (C=O) groups is 1. The molecule has 2 N–H and O–H groups in total. The second kappa shape index (κ2) is 6.78. The molecule has 0 saturated heterocycles. The molecule has 1 aromatic carbocycles. The summed E-state index contributed by atoms with van der Waals surface area (Å²) in [5.41, 5.74) is 0.811. The zero-order valence-corrected chi connectivity index (χ0v) is 11.0. The summed E-state index contributed by atoms with van der Waals surface area (Å²) in [5.74, 6) is -0.632. The number of anilines is 1. The number of aliphatic hydroxyl groups is 1. The smallest absolute Gasteiger partial charge is 0.331 e. The van der Waals surface area contributed by atoms with Gasteiger partial charge in [0.15, 0.2) is 6.04 Å². The van der Waals surface area contributed by atoms with Gasteiger partial charge in [-0.05, 0) is 18.2 Å². The standard InChI is InChI=1S/C13H13ClN2O3/c1-3-11(17)12(13(18)19-2)16-9-5-4-8(7-15)10(14)6-9/h3-6,11-12,16-17H,1H2,2H3/t11-,12+/m0/s1. The fraction of sp³-hybridized carbons (Fsp3) is 0.231. The minimum absolute atomic E-state index is 0.254. The summed E-state index contributed by atoms with van der Waals surface area (Å²) in [7, 11) is 1.22. The zero-order chi connectivity index (χ0) is 14.4. The molecule has 0 unspecified atom stereocenters. The lowest BCUT2D eigenvalue weighted by atomic mass is 10.1. The SMILES string of the molecule is C=C[C@H](O)[C@@H](Nc1ccc(C#N)c(Cl)c1)C(=O)OC. The average Bonchev–Trinajstić information content (AvgIpc) is 2.43. The van der Waals surface area contributed by atoms with E-state index in [9.17, 15) is 9.90 Å². The predicted molar refractivity (Wildman–Crippen MR) is 71.8 cm³/mol. The summed E-state index contributed by atoms with van der Waals surface area (Å²) in [6.45, 7) is 3.42. The number of halogens is 1. The van der Waals surface area contributed by atoms with E-state index in [1.54, 1.807) is 6.07 Å². The van der Waals surface area contributed by atoms with Crippen molar-refractivity contribution in [2.45, 2.75) is 12.1 Å². The lowest BCUT2D eigenvalue weighted by Gasteiger charge is -2.20. The van der Waals surface area contributed by atoms with Crippen LogP contribution in [0.3, 0.4) is 0 Å². The lowest BCUT2D eigenvalue weighted by molar-refractivity contribution is -0.143. The third kappa shape index (κ3) is 3.71. The first-order valence-electron chi connectivity index (χ1n) is 5.38. The Labute approximate surface area is 116 Å². The van der Waals surface area contributed by atoms with E-state index in [2.05, 4.69) is 16.6 Å². The Morgan fingerprint density at radius 2 is 2.37 bits per heavy atom. The molecule has 1 rings (SSSR count). The molecule has 0 amide bonds. The van der Waals surface area contributed by atoms with Gasteiger partial charge in [0.05, 0.1) is 17.7 Å². The maximum atomic E-state index is 11.5. The maximum Gasteiger partial charge on any atom is 0.331 e. The highest BCUT2D eigenvalue weighted by molar-refractivity contribution is 6.32. The lowest BCUT2D eigenvalue weighted by Crippen LogP contribution is -2.40. The van der Waals surface area contributed by atoms with Gasteiger partial charge in [-0.1, -0.05) is 17.7 Å². The Morgan fingerprint density at radius 1 is 1.68 bits per heavy atom. The normalized spacial score (nSPS) is 12.9. The van der Waals surface area contributed by atoms with Gasteiger partial charge in [0.25, 0.3) is 0 Å². The van der Waals surface area contributed by atoms with Crippen molar-refractivity contribution in [1.82, 2.24) is 0 Å². The van der Waals surface area contributed by atoms with Crippen LogP contribution in [0.2, 0.25) is 5.02 Å². The minimum Gasteiger partial charge on any atom is -0.467 e. The van der Waals surface area contributed by atoms with E-state index in [1.807, 2.05) is 6.07 Å². The van der Waals surface area contributed by atoms with Crippen LogP contribution in [-0.4, -0.2) is 30.3 Å². The Bertz CT molecular complexity index is 525. The molecular formula is C13H13ClN2O3. The van der Waals surface area contributed by atoms with Crippen molar-refractivity contribution in [3.63, 3.8) is 0 Å². The van der Waals surface area contributed by atoms with Gasteiger partial charge in [-0.15, -0.1) is 6.58 Å². The van der Waals surface area contributed by atoms with Crippen molar-refractivity contribution < 1.29 is 14.6 Å². The number of carbonyl (C=O) groups excluding carboxylic acids is 1. The fourth-order valence-corrected chi connectivity index (χ4v) is 1.64. The summed E-state index contributed by atoms with van der Waals surface area (Å²) in [4.78, 5) is 11.5. The van der Waals surface area contributed by atoms with Gasteiger partial charge in [0.1, 0.15) is 12.2 Å². The molecule has 0 spiro atoms. The second-order valence-corrected chi connectivity index (χ2v) is 4.09. The van der Waals surface area contributed by atoms with E-state index in [-0.39, 0.29) is 5.02 Å². The van der Waals surface area contributed by atoms with Gasteiger partial charge in [0, 0.05) is 5.69 Å². The molecule has 19 heavy (non-hydrogen) atoms. The average molecular weight is 281 g/mol. The molecule has 0 bridgehead atoms. The Hall–Kier alpha value is -2.03. The van der Waals surface area contributed by atoms with Crippen LogP contribution in [0.4, 0.5) is 5.69 Å². The number of nitrogens with one attached hydrogen (secondary N) is 1. The molecule has 1 aromatic rings. The number of hydrogen-bond donors (Lipinski definition) is 2. The third-order valence-corrected chi connectivity index (χ3v) is 2.76. The van der Waals surface area contributed by atoms with Crippen molar-refractivity contribution in [3.8, 4) is 6.07 Å². The van der Waals surface area contributed by atoms with E-state index in [0.29, 0.717) is 11.3 Å². The molecular weight excluding hydrogens is 268 g/mol. The first kappa shape index (κ1) is 15.0. The Balaban J connectivity index is 2.97. The molecule has 0 aliphatic rings. The largest absolute Gasteiger partial charge is 0.467 e. The van der Waals surface area contributed by atoms with Crippen LogP contribution in [0.25, 0.3) is 0 Å². The first-order valence-corrected chi connectivity index (χ1v) is 5.76.